The van der Waals surface area contributed by atoms with Crippen molar-refractivity contribution in [1.29, 1.82) is 0 Å². The van der Waals surface area contributed by atoms with Crippen LogP contribution in [0.1, 0.15) is 0 Å². The summed E-state index contributed by atoms with van der Waals surface area (Å²) in [6.45, 7) is 10.7. The highest BCUT2D eigenvalue weighted by molar-refractivity contribution is 5.58. The monoisotopic (exact) mass is 137 g/mol. The first kappa shape index (κ1) is 8.62. The zero-order valence-electron chi connectivity index (χ0n) is 5.88. The van der Waals surface area contributed by atoms with E-state index in [1.807, 2.05) is 0 Å². The van der Waals surface area contributed by atoms with E-state index in [2.05, 4.69) is 35.2 Å². The summed E-state index contributed by atoms with van der Waals surface area (Å²) in [6.07, 6.45) is 3.12. The minimum Gasteiger partial charge on any atom is -0.347 e. The lowest BCUT2D eigenvalue weighted by atomic mass is 10.5. The number of hydrogen-bond acceptors (Lipinski definition) is 2. The van der Waals surface area contributed by atoms with Gasteiger partial charge in [-0.1, -0.05) is 13.2 Å². The maximum Gasteiger partial charge on any atom is 0.130 e. The van der Waals surface area contributed by atoms with Gasteiger partial charge in [0.2, 0.25) is 0 Å². The fraction of sp³-hybridized carbons (Fsp3) is 0.143. The standard InChI is InChI=1S/C7H11N3/c1-4-7(2)10-6-9-5-8-3/h4,6H,1-3,5H2,(H,9,10). The predicted octanol–water partition coefficient (Wildman–Crippen LogP) is 0.962. The average molecular weight is 137 g/mol. The zero-order chi connectivity index (χ0) is 7.82. The Morgan fingerprint density at radius 1 is 1.60 bits per heavy atom. The first-order chi connectivity index (χ1) is 4.81. The van der Waals surface area contributed by atoms with Gasteiger partial charge in [0.05, 0.1) is 6.34 Å². The summed E-state index contributed by atoms with van der Waals surface area (Å²) in [7, 11) is 0. The lowest BCUT2D eigenvalue weighted by molar-refractivity contribution is 1.06. The summed E-state index contributed by atoms with van der Waals surface area (Å²) in [6, 6.07) is 0. The van der Waals surface area contributed by atoms with Crippen LogP contribution in [0.5, 0.6) is 0 Å². The van der Waals surface area contributed by atoms with Crippen LogP contribution in [-0.2, 0) is 0 Å². The average Bonchev–Trinajstić information content (AvgIpc) is 1.98. The van der Waals surface area contributed by atoms with Gasteiger partial charge in [0.25, 0.3) is 0 Å². The first-order valence-electron chi connectivity index (χ1n) is 2.80. The number of allylic oxidation sites excluding steroid dienone is 1. The quantitative estimate of drug-likeness (QED) is 0.342. The summed E-state index contributed by atoms with van der Waals surface area (Å²) in [5.74, 6) is 0. The molecule has 0 amide bonds. The topological polar surface area (TPSA) is 36.8 Å². The van der Waals surface area contributed by atoms with Crippen LogP contribution < -0.4 is 5.32 Å². The van der Waals surface area contributed by atoms with Gasteiger partial charge in [-0.05, 0) is 12.8 Å². The van der Waals surface area contributed by atoms with Crippen molar-refractivity contribution in [3.63, 3.8) is 0 Å². The minimum atomic E-state index is 0.372. The van der Waals surface area contributed by atoms with Gasteiger partial charge in [0, 0.05) is 5.70 Å². The molecule has 0 radical (unpaired) electrons. The smallest absolute Gasteiger partial charge is 0.130 e. The van der Waals surface area contributed by atoms with Crippen molar-refractivity contribution in [1.82, 2.24) is 5.32 Å². The Bertz CT molecular complexity index is 158. The molecule has 0 atom stereocenters. The summed E-state index contributed by atoms with van der Waals surface area (Å²) in [5.41, 5.74) is 0.716. The lowest BCUT2D eigenvalue weighted by Crippen LogP contribution is -2.06. The lowest BCUT2D eigenvalue weighted by Gasteiger charge is -1.94. The van der Waals surface area contributed by atoms with E-state index in [0.29, 0.717) is 12.4 Å². The van der Waals surface area contributed by atoms with Crippen LogP contribution in [0.25, 0.3) is 0 Å². The van der Waals surface area contributed by atoms with E-state index in [1.54, 1.807) is 6.08 Å². The molecule has 0 aliphatic rings. The molecular weight excluding hydrogens is 126 g/mol. The zero-order valence-corrected chi connectivity index (χ0v) is 5.88. The Kier molecular flexibility index (Phi) is 4.96. The van der Waals surface area contributed by atoms with Crippen LogP contribution in [0.15, 0.2) is 34.9 Å². The summed E-state index contributed by atoms with van der Waals surface area (Å²) < 4.78 is 0. The first-order valence-corrected chi connectivity index (χ1v) is 2.80. The van der Waals surface area contributed by atoms with Crippen molar-refractivity contribution in [2.75, 3.05) is 6.67 Å². The SMILES string of the molecule is C=CC(=C)NC=NCN=C. The fourth-order valence-corrected chi connectivity index (χ4v) is 0.286. The van der Waals surface area contributed by atoms with Crippen molar-refractivity contribution in [3.05, 3.63) is 24.9 Å². The van der Waals surface area contributed by atoms with Crippen molar-refractivity contribution in [2.24, 2.45) is 9.98 Å². The van der Waals surface area contributed by atoms with Gasteiger partial charge in [-0.3, -0.25) is 9.98 Å². The molecule has 0 bridgehead atoms. The van der Waals surface area contributed by atoms with Crippen LogP contribution in [0, 0.1) is 0 Å². The van der Waals surface area contributed by atoms with E-state index in [9.17, 15) is 0 Å². The summed E-state index contributed by atoms with van der Waals surface area (Å²) in [5, 5.41) is 2.78. The highest BCUT2D eigenvalue weighted by Gasteiger charge is 1.76. The molecule has 3 nitrogen and oxygen atoms in total. The molecule has 0 aliphatic carbocycles. The molecule has 0 saturated heterocycles. The highest BCUT2D eigenvalue weighted by atomic mass is 15.0. The Hall–Kier alpha value is -1.38. The third kappa shape index (κ3) is 4.77. The van der Waals surface area contributed by atoms with Crippen molar-refractivity contribution < 1.29 is 0 Å². The summed E-state index contributed by atoms with van der Waals surface area (Å²) in [4.78, 5) is 7.32. The second-order valence-electron chi connectivity index (χ2n) is 1.55. The van der Waals surface area contributed by atoms with Gasteiger partial charge in [-0.15, -0.1) is 0 Å². The second-order valence-corrected chi connectivity index (χ2v) is 1.55. The highest BCUT2D eigenvalue weighted by Crippen LogP contribution is 1.78. The largest absolute Gasteiger partial charge is 0.347 e. The van der Waals surface area contributed by atoms with Crippen molar-refractivity contribution in [2.45, 2.75) is 0 Å². The summed E-state index contributed by atoms with van der Waals surface area (Å²) >= 11 is 0. The van der Waals surface area contributed by atoms with Gasteiger partial charge in [0.15, 0.2) is 0 Å². The molecular formula is C7H11N3. The molecule has 1 N–H and O–H groups in total. The van der Waals surface area contributed by atoms with Crippen LogP contribution in [-0.4, -0.2) is 19.7 Å². The molecule has 10 heavy (non-hydrogen) atoms. The number of hydrogen-bond donors (Lipinski definition) is 1. The van der Waals surface area contributed by atoms with Crippen LogP contribution in [0.2, 0.25) is 0 Å². The molecule has 0 heterocycles. The maximum atomic E-state index is 3.80. The van der Waals surface area contributed by atoms with Crippen LogP contribution >= 0.6 is 0 Å². The van der Waals surface area contributed by atoms with E-state index in [0.717, 1.165) is 0 Å². The normalized spacial score (nSPS) is 9.20. The molecule has 0 unspecified atom stereocenters. The Morgan fingerprint density at radius 2 is 2.30 bits per heavy atom. The van der Waals surface area contributed by atoms with Crippen LogP contribution in [0.3, 0.4) is 0 Å². The Morgan fingerprint density at radius 3 is 2.80 bits per heavy atom. The third-order valence-corrected chi connectivity index (χ3v) is 0.769. The third-order valence-electron chi connectivity index (χ3n) is 0.769. The Labute approximate surface area is 60.9 Å². The number of nitrogens with zero attached hydrogens (tertiary/aromatic N) is 2. The van der Waals surface area contributed by atoms with E-state index in [-0.39, 0.29) is 0 Å². The van der Waals surface area contributed by atoms with Crippen molar-refractivity contribution in [3.8, 4) is 0 Å². The predicted molar refractivity (Wildman–Crippen MR) is 45.4 cm³/mol. The molecule has 0 fully saturated rings. The minimum absolute atomic E-state index is 0.372. The molecule has 0 aromatic rings. The van der Waals surface area contributed by atoms with E-state index < -0.39 is 0 Å². The van der Waals surface area contributed by atoms with Gasteiger partial charge in [0.1, 0.15) is 6.67 Å². The molecule has 0 aliphatic heterocycles. The van der Waals surface area contributed by atoms with Crippen molar-refractivity contribution >= 4 is 13.1 Å². The van der Waals surface area contributed by atoms with Gasteiger partial charge in [-0.2, -0.15) is 0 Å². The number of rotatable bonds is 5. The fourth-order valence-electron chi connectivity index (χ4n) is 0.286. The molecule has 3 heteroatoms. The van der Waals surface area contributed by atoms with Gasteiger partial charge in [-0.25, -0.2) is 0 Å². The second kappa shape index (κ2) is 5.75. The van der Waals surface area contributed by atoms with Crippen LogP contribution in [0.4, 0.5) is 0 Å². The molecule has 0 aromatic carbocycles. The van der Waals surface area contributed by atoms with E-state index in [1.165, 1.54) is 6.34 Å². The van der Waals surface area contributed by atoms with Gasteiger partial charge < -0.3 is 5.32 Å². The number of nitrogens with one attached hydrogen (secondary N) is 1. The molecule has 0 saturated carbocycles. The maximum absolute atomic E-state index is 3.80. The van der Waals surface area contributed by atoms with Gasteiger partial charge >= 0.3 is 0 Å². The number of aliphatic imine (C=N–C) groups is 2. The Balaban J connectivity index is 3.42. The molecule has 0 rings (SSSR count). The molecule has 0 spiro atoms. The molecule has 0 aromatic heterocycles. The van der Waals surface area contributed by atoms with E-state index in [4.69, 9.17) is 0 Å². The van der Waals surface area contributed by atoms with E-state index >= 15 is 0 Å². The molecule has 54 valence electrons.